The lowest BCUT2D eigenvalue weighted by Gasteiger charge is -2.23. The van der Waals surface area contributed by atoms with Crippen molar-refractivity contribution in [3.8, 4) is 6.07 Å². The van der Waals surface area contributed by atoms with Gasteiger partial charge in [-0.15, -0.1) is 11.3 Å². The molecule has 0 spiro atoms. The minimum Gasteiger partial charge on any atom is -0.398 e. The van der Waals surface area contributed by atoms with Crippen LogP contribution >= 0.6 is 11.3 Å². The lowest BCUT2D eigenvalue weighted by Crippen LogP contribution is -2.37. The molecule has 0 unspecified atom stereocenters. The van der Waals surface area contributed by atoms with Crippen molar-refractivity contribution in [3.63, 3.8) is 0 Å². The first-order valence-electron chi connectivity index (χ1n) is 5.12. The highest BCUT2D eigenvalue weighted by atomic mass is 32.2. The van der Waals surface area contributed by atoms with E-state index in [1.165, 1.54) is 10.4 Å². The molecule has 17 heavy (non-hydrogen) atoms. The molecule has 0 aliphatic rings. The summed E-state index contributed by atoms with van der Waals surface area (Å²) in [5, 5.41) is 10.1. The number of rotatable bonds is 5. The van der Waals surface area contributed by atoms with Crippen LogP contribution in [0.1, 0.15) is 20.3 Å². The van der Waals surface area contributed by atoms with E-state index in [1.54, 1.807) is 19.2 Å². The molecule has 1 heterocycles. The SMILES string of the molecule is CC(C)N(CCC#N)S(=O)(=O)c1cc(N)cs1. The number of thiophene rings is 1. The number of anilines is 1. The molecule has 0 amide bonds. The third kappa shape index (κ3) is 3.19. The molecule has 0 radical (unpaired) electrons. The van der Waals surface area contributed by atoms with E-state index in [2.05, 4.69) is 0 Å². The van der Waals surface area contributed by atoms with E-state index in [0.29, 0.717) is 5.69 Å². The van der Waals surface area contributed by atoms with Gasteiger partial charge in [0.1, 0.15) is 4.21 Å². The number of nitrogen functional groups attached to an aromatic ring is 1. The van der Waals surface area contributed by atoms with Crippen LogP contribution in [0.15, 0.2) is 15.7 Å². The van der Waals surface area contributed by atoms with E-state index in [-0.39, 0.29) is 23.2 Å². The molecule has 0 fully saturated rings. The second-order valence-electron chi connectivity index (χ2n) is 3.82. The van der Waals surface area contributed by atoms with Gasteiger partial charge in [0.25, 0.3) is 10.0 Å². The molecule has 0 aliphatic carbocycles. The summed E-state index contributed by atoms with van der Waals surface area (Å²) >= 11 is 1.10. The fourth-order valence-corrected chi connectivity index (χ4v) is 4.24. The van der Waals surface area contributed by atoms with Crippen molar-refractivity contribution in [1.29, 1.82) is 5.26 Å². The summed E-state index contributed by atoms with van der Waals surface area (Å²) in [6.07, 6.45) is 0.179. The van der Waals surface area contributed by atoms with Gasteiger partial charge in [-0.1, -0.05) is 0 Å². The predicted molar refractivity (Wildman–Crippen MR) is 68.0 cm³/mol. The van der Waals surface area contributed by atoms with Gasteiger partial charge < -0.3 is 5.73 Å². The average Bonchev–Trinajstić information content (AvgIpc) is 2.65. The van der Waals surface area contributed by atoms with Gasteiger partial charge in [0.15, 0.2) is 0 Å². The van der Waals surface area contributed by atoms with E-state index < -0.39 is 10.0 Å². The average molecular weight is 273 g/mol. The molecule has 5 nitrogen and oxygen atoms in total. The highest BCUT2D eigenvalue weighted by Gasteiger charge is 2.27. The monoisotopic (exact) mass is 273 g/mol. The molecule has 94 valence electrons. The quantitative estimate of drug-likeness (QED) is 0.883. The molecular formula is C10H15N3O2S2. The molecule has 2 N–H and O–H groups in total. The largest absolute Gasteiger partial charge is 0.398 e. The van der Waals surface area contributed by atoms with Crippen molar-refractivity contribution in [3.05, 3.63) is 11.4 Å². The third-order valence-corrected chi connectivity index (χ3v) is 5.69. The number of hydrogen-bond acceptors (Lipinski definition) is 5. The van der Waals surface area contributed by atoms with Crippen LogP contribution in [0.4, 0.5) is 5.69 Å². The van der Waals surface area contributed by atoms with Crippen molar-refractivity contribution in [2.24, 2.45) is 0 Å². The van der Waals surface area contributed by atoms with Crippen LogP contribution in [0.5, 0.6) is 0 Å². The Morgan fingerprint density at radius 1 is 1.59 bits per heavy atom. The number of nitriles is 1. The van der Waals surface area contributed by atoms with Crippen molar-refractivity contribution in [1.82, 2.24) is 4.31 Å². The van der Waals surface area contributed by atoms with Crippen LogP contribution in [0.25, 0.3) is 0 Å². The first-order valence-corrected chi connectivity index (χ1v) is 7.44. The minimum absolute atomic E-state index is 0.179. The van der Waals surface area contributed by atoms with Crippen molar-refractivity contribution >= 4 is 27.0 Å². The fourth-order valence-electron chi connectivity index (χ4n) is 1.40. The molecule has 0 saturated carbocycles. The second-order valence-corrected chi connectivity index (χ2v) is 6.85. The Kier molecular flexibility index (Phi) is 4.51. The van der Waals surface area contributed by atoms with E-state index in [0.717, 1.165) is 11.3 Å². The minimum atomic E-state index is -3.53. The molecular weight excluding hydrogens is 258 g/mol. The lowest BCUT2D eigenvalue weighted by molar-refractivity contribution is 0.361. The maximum absolute atomic E-state index is 12.3. The number of hydrogen-bond donors (Lipinski definition) is 1. The summed E-state index contributed by atoms with van der Waals surface area (Å²) in [4.78, 5) is 0. The predicted octanol–water partition coefficient (Wildman–Crippen LogP) is 1.64. The van der Waals surface area contributed by atoms with E-state index in [1.807, 2.05) is 6.07 Å². The Hall–Kier alpha value is -1.10. The van der Waals surface area contributed by atoms with Gasteiger partial charge in [0.05, 0.1) is 6.07 Å². The van der Waals surface area contributed by atoms with E-state index >= 15 is 0 Å². The maximum Gasteiger partial charge on any atom is 0.252 e. The summed E-state index contributed by atoms with van der Waals surface area (Å²) in [5.74, 6) is 0. The zero-order valence-electron chi connectivity index (χ0n) is 9.75. The molecule has 0 atom stereocenters. The highest BCUT2D eigenvalue weighted by molar-refractivity contribution is 7.91. The van der Waals surface area contributed by atoms with Gasteiger partial charge in [0, 0.05) is 30.1 Å². The summed E-state index contributed by atoms with van der Waals surface area (Å²) in [6.45, 7) is 3.77. The molecule has 0 aliphatic heterocycles. The second kappa shape index (κ2) is 5.49. The summed E-state index contributed by atoms with van der Waals surface area (Å²) in [7, 11) is -3.53. The van der Waals surface area contributed by atoms with Gasteiger partial charge in [0.2, 0.25) is 0 Å². The Morgan fingerprint density at radius 3 is 2.65 bits per heavy atom. The number of sulfonamides is 1. The van der Waals surface area contributed by atoms with Crippen LogP contribution in [-0.4, -0.2) is 25.3 Å². The van der Waals surface area contributed by atoms with Crippen molar-refractivity contribution in [2.45, 2.75) is 30.5 Å². The Balaban J connectivity index is 3.05. The van der Waals surface area contributed by atoms with Gasteiger partial charge in [-0.2, -0.15) is 9.57 Å². The molecule has 0 saturated heterocycles. The summed E-state index contributed by atoms with van der Waals surface area (Å²) in [5.41, 5.74) is 5.97. The summed E-state index contributed by atoms with van der Waals surface area (Å²) in [6, 6.07) is 3.22. The van der Waals surface area contributed by atoms with Crippen molar-refractivity contribution in [2.75, 3.05) is 12.3 Å². The normalized spacial score (nSPS) is 11.9. The molecule has 1 aromatic heterocycles. The molecule has 0 aromatic carbocycles. The Morgan fingerprint density at radius 2 is 2.24 bits per heavy atom. The molecule has 1 rings (SSSR count). The maximum atomic E-state index is 12.3. The first-order chi connectivity index (χ1) is 7.89. The first kappa shape index (κ1) is 14.0. The molecule has 7 heteroatoms. The van der Waals surface area contributed by atoms with E-state index in [4.69, 9.17) is 11.0 Å². The zero-order chi connectivity index (χ0) is 13.1. The van der Waals surface area contributed by atoms with Crippen LogP contribution in [0.2, 0.25) is 0 Å². The smallest absolute Gasteiger partial charge is 0.252 e. The Labute approximate surface area is 106 Å². The zero-order valence-corrected chi connectivity index (χ0v) is 11.4. The van der Waals surface area contributed by atoms with E-state index in [9.17, 15) is 8.42 Å². The topological polar surface area (TPSA) is 87.2 Å². The Bertz CT molecular complexity index is 514. The number of nitrogens with zero attached hydrogens (tertiary/aromatic N) is 2. The van der Waals surface area contributed by atoms with Crippen LogP contribution < -0.4 is 5.73 Å². The number of nitrogens with two attached hydrogens (primary N) is 1. The standard InChI is InChI=1S/C10H15N3O2S2/c1-8(2)13(5-3-4-11)17(14,15)10-6-9(12)7-16-10/h6-8H,3,5,12H2,1-2H3. The third-order valence-electron chi connectivity index (χ3n) is 2.18. The van der Waals surface area contributed by atoms with Gasteiger partial charge in [-0.3, -0.25) is 0 Å². The van der Waals surface area contributed by atoms with Crippen LogP contribution in [0, 0.1) is 11.3 Å². The van der Waals surface area contributed by atoms with Gasteiger partial charge >= 0.3 is 0 Å². The van der Waals surface area contributed by atoms with Crippen LogP contribution in [0.3, 0.4) is 0 Å². The van der Waals surface area contributed by atoms with Gasteiger partial charge in [-0.05, 0) is 19.9 Å². The summed E-state index contributed by atoms with van der Waals surface area (Å²) < 4.78 is 26.1. The fraction of sp³-hybridized carbons (Fsp3) is 0.500. The molecule has 1 aromatic rings. The molecule has 0 bridgehead atoms. The highest BCUT2D eigenvalue weighted by Crippen LogP contribution is 2.26. The van der Waals surface area contributed by atoms with Crippen molar-refractivity contribution < 1.29 is 8.42 Å². The van der Waals surface area contributed by atoms with Crippen LogP contribution in [-0.2, 0) is 10.0 Å². The lowest BCUT2D eigenvalue weighted by atomic mass is 10.3. The van der Waals surface area contributed by atoms with Gasteiger partial charge in [-0.25, -0.2) is 8.42 Å².